The van der Waals surface area contributed by atoms with Crippen LogP contribution in [0.3, 0.4) is 0 Å². The minimum Gasteiger partial charge on any atom is -0.439 e. The first-order chi connectivity index (χ1) is 16.3. The number of sulfonamides is 1. The molecule has 170 valence electrons. The molecule has 1 atom stereocenters. The number of ether oxygens (including phenoxy) is 1. The summed E-state index contributed by atoms with van der Waals surface area (Å²) < 4.78 is 49.6. The molecule has 3 aromatic carbocycles. The summed E-state index contributed by atoms with van der Waals surface area (Å²) >= 11 is 0. The second kappa shape index (κ2) is 8.04. The maximum absolute atomic E-state index is 14.2. The van der Waals surface area contributed by atoms with E-state index in [2.05, 4.69) is 0 Å². The minimum absolute atomic E-state index is 0.0578. The Kier molecular flexibility index (Phi) is 5.14. The van der Waals surface area contributed by atoms with E-state index in [-0.39, 0.29) is 28.7 Å². The fourth-order valence-electron chi connectivity index (χ4n) is 4.44. The highest BCUT2D eigenvalue weighted by Gasteiger charge is 2.47. The van der Waals surface area contributed by atoms with Gasteiger partial charge >= 0.3 is 0 Å². The molecule has 0 saturated heterocycles. The predicted molar refractivity (Wildman–Crippen MR) is 127 cm³/mol. The Hall–Kier alpha value is -4.09. The van der Waals surface area contributed by atoms with Crippen LogP contribution < -0.4 is 10.0 Å². The summed E-state index contributed by atoms with van der Waals surface area (Å²) in [4.78, 5) is -0.129. The second-order valence-electron chi connectivity index (χ2n) is 8.13. The van der Waals surface area contributed by atoms with Crippen LogP contribution in [0, 0.1) is 24.1 Å². The van der Waals surface area contributed by atoms with Crippen LogP contribution in [-0.2, 0) is 21.3 Å². The van der Waals surface area contributed by atoms with Crippen molar-refractivity contribution in [2.75, 3.05) is 4.31 Å². The second-order valence-corrected chi connectivity index (χ2v) is 9.96. The van der Waals surface area contributed by atoms with Crippen molar-refractivity contribution in [3.63, 3.8) is 0 Å². The Balaban J connectivity index is 1.78. The normalized spacial score (nSPS) is 18.6. The molecule has 8 heteroatoms. The largest absolute Gasteiger partial charge is 0.439 e. The van der Waals surface area contributed by atoms with Crippen LogP contribution in [0.5, 0.6) is 0 Å². The van der Waals surface area contributed by atoms with Crippen molar-refractivity contribution < 1.29 is 17.5 Å². The van der Waals surface area contributed by atoms with Gasteiger partial charge in [-0.05, 0) is 47.9 Å². The number of hydrogen-bond acceptors (Lipinski definition) is 5. The van der Waals surface area contributed by atoms with Gasteiger partial charge in [0.1, 0.15) is 22.4 Å². The van der Waals surface area contributed by atoms with Crippen LogP contribution in [0.25, 0.3) is 5.76 Å². The first kappa shape index (κ1) is 21.7. The number of benzene rings is 3. The highest BCUT2D eigenvalue weighted by molar-refractivity contribution is 7.96. The van der Waals surface area contributed by atoms with E-state index < -0.39 is 21.8 Å². The zero-order chi connectivity index (χ0) is 24.0. The van der Waals surface area contributed by atoms with Crippen molar-refractivity contribution in [2.45, 2.75) is 19.4 Å². The molecular weight excluding hydrogens is 453 g/mol. The van der Waals surface area contributed by atoms with E-state index in [0.717, 1.165) is 11.1 Å². The Morgan fingerprint density at radius 1 is 1.09 bits per heavy atom. The molecular formula is C26H20FN3O3S. The zero-order valence-corrected chi connectivity index (χ0v) is 19.0. The van der Waals surface area contributed by atoms with Gasteiger partial charge in [-0.15, -0.1) is 0 Å². The van der Waals surface area contributed by atoms with E-state index in [1.165, 1.54) is 22.5 Å². The summed E-state index contributed by atoms with van der Waals surface area (Å²) in [5, 5.41) is 9.86. The molecule has 3 aromatic rings. The molecule has 0 fully saturated rings. The molecule has 0 radical (unpaired) electrons. The number of halogens is 1. The zero-order valence-electron chi connectivity index (χ0n) is 18.2. The van der Waals surface area contributed by atoms with Crippen molar-refractivity contribution in [1.29, 1.82) is 5.26 Å². The Bertz CT molecular complexity index is 1540. The third kappa shape index (κ3) is 3.33. The van der Waals surface area contributed by atoms with Crippen molar-refractivity contribution in [2.24, 2.45) is 5.73 Å². The summed E-state index contributed by atoms with van der Waals surface area (Å²) in [6.07, 6.45) is 0. The molecule has 5 rings (SSSR count). The topological polar surface area (TPSA) is 96.4 Å². The Labute approximate surface area is 197 Å². The van der Waals surface area contributed by atoms with Crippen LogP contribution in [0.15, 0.2) is 89.2 Å². The standard InChI is InChI=1S/C26H20FN3O3S/c1-16-7-2-3-8-18(16)15-30-22-12-5-4-11-20(22)24-25(34(30,31)32)23(21(14-28)26(29)33-24)17-9-6-10-19(27)13-17/h2-13,23H,15,29H2,1H3/t23-/m0/s1. The Morgan fingerprint density at radius 2 is 1.82 bits per heavy atom. The van der Waals surface area contributed by atoms with Gasteiger partial charge in [0.05, 0.1) is 18.2 Å². The van der Waals surface area contributed by atoms with Gasteiger partial charge in [-0.3, -0.25) is 4.31 Å². The first-order valence-corrected chi connectivity index (χ1v) is 12.0. The van der Waals surface area contributed by atoms with Gasteiger partial charge < -0.3 is 10.5 Å². The summed E-state index contributed by atoms with van der Waals surface area (Å²) in [5.41, 5.74) is 9.05. The van der Waals surface area contributed by atoms with E-state index in [9.17, 15) is 18.1 Å². The molecule has 0 amide bonds. The SMILES string of the molecule is Cc1ccccc1CN1c2ccccc2C2=C([C@@H](c3cccc(F)c3)C(C#N)=C(N)O2)S1(=O)=O. The molecule has 2 aliphatic rings. The van der Waals surface area contributed by atoms with Crippen molar-refractivity contribution in [1.82, 2.24) is 0 Å². The van der Waals surface area contributed by atoms with Crippen molar-refractivity contribution in [3.8, 4) is 6.07 Å². The fourth-order valence-corrected chi connectivity index (χ4v) is 6.34. The lowest BCUT2D eigenvalue weighted by atomic mass is 9.88. The van der Waals surface area contributed by atoms with Gasteiger partial charge in [0.15, 0.2) is 5.76 Å². The third-order valence-electron chi connectivity index (χ3n) is 6.12. The van der Waals surface area contributed by atoms with Gasteiger partial charge in [0.25, 0.3) is 10.0 Å². The van der Waals surface area contributed by atoms with Crippen LogP contribution >= 0.6 is 0 Å². The van der Waals surface area contributed by atoms with Crippen molar-refractivity contribution >= 4 is 21.5 Å². The van der Waals surface area contributed by atoms with E-state index in [1.807, 2.05) is 37.3 Å². The number of aryl methyl sites for hydroxylation is 1. The number of nitriles is 1. The lowest BCUT2D eigenvalue weighted by Gasteiger charge is -2.38. The smallest absolute Gasteiger partial charge is 0.265 e. The number of hydrogen-bond donors (Lipinski definition) is 1. The molecule has 2 N–H and O–H groups in total. The average Bonchev–Trinajstić information content (AvgIpc) is 2.82. The molecule has 0 aliphatic carbocycles. The van der Waals surface area contributed by atoms with Crippen LogP contribution in [-0.4, -0.2) is 8.42 Å². The van der Waals surface area contributed by atoms with E-state index in [1.54, 1.807) is 30.3 Å². The average molecular weight is 474 g/mol. The maximum atomic E-state index is 14.2. The van der Waals surface area contributed by atoms with Crippen molar-refractivity contribution in [3.05, 3.63) is 117 Å². The maximum Gasteiger partial charge on any atom is 0.265 e. The number of anilines is 1. The molecule has 6 nitrogen and oxygen atoms in total. The molecule has 2 aliphatic heterocycles. The minimum atomic E-state index is -4.20. The van der Waals surface area contributed by atoms with E-state index in [4.69, 9.17) is 10.5 Å². The summed E-state index contributed by atoms with van der Waals surface area (Å²) in [6.45, 7) is 2.00. The Morgan fingerprint density at radius 3 is 2.56 bits per heavy atom. The van der Waals surface area contributed by atoms with Gasteiger partial charge in [0, 0.05) is 5.56 Å². The molecule has 0 bridgehead atoms. The lowest BCUT2D eigenvalue weighted by molar-refractivity contribution is 0.357. The molecule has 0 saturated carbocycles. The predicted octanol–water partition coefficient (Wildman–Crippen LogP) is 4.66. The van der Waals surface area contributed by atoms with Crippen LogP contribution in [0.4, 0.5) is 10.1 Å². The van der Waals surface area contributed by atoms with E-state index >= 15 is 0 Å². The number of nitrogens with two attached hydrogens (primary N) is 1. The third-order valence-corrected chi connectivity index (χ3v) is 8.00. The number of fused-ring (bicyclic) bond motifs is 2. The molecule has 0 unspecified atom stereocenters. The van der Waals surface area contributed by atoms with Gasteiger partial charge in [-0.25, -0.2) is 12.8 Å². The van der Waals surface area contributed by atoms with Crippen LogP contribution in [0.2, 0.25) is 0 Å². The quantitative estimate of drug-likeness (QED) is 0.597. The van der Waals surface area contributed by atoms with Gasteiger partial charge in [0.2, 0.25) is 5.88 Å². The lowest BCUT2D eigenvalue weighted by Crippen LogP contribution is -2.39. The molecule has 0 spiro atoms. The summed E-state index contributed by atoms with van der Waals surface area (Å²) in [6, 6.07) is 22.0. The summed E-state index contributed by atoms with van der Waals surface area (Å²) in [5.74, 6) is -1.80. The first-order valence-electron chi connectivity index (χ1n) is 10.6. The molecule has 0 aromatic heterocycles. The highest BCUT2D eigenvalue weighted by atomic mass is 32.2. The monoisotopic (exact) mass is 473 g/mol. The van der Waals surface area contributed by atoms with Gasteiger partial charge in [-0.2, -0.15) is 5.26 Å². The van der Waals surface area contributed by atoms with E-state index in [0.29, 0.717) is 16.8 Å². The highest BCUT2D eigenvalue weighted by Crippen LogP contribution is 2.51. The number of rotatable bonds is 3. The number of para-hydroxylation sites is 1. The van der Waals surface area contributed by atoms with Crippen LogP contribution in [0.1, 0.15) is 28.2 Å². The molecule has 2 heterocycles. The number of nitrogens with zero attached hydrogens (tertiary/aromatic N) is 2. The molecule has 34 heavy (non-hydrogen) atoms. The fraction of sp³-hybridized carbons (Fsp3) is 0.115. The summed E-state index contributed by atoms with van der Waals surface area (Å²) in [7, 11) is -4.20. The number of allylic oxidation sites excluding steroid dienone is 2. The van der Waals surface area contributed by atoms with Gasteiger partial charge in [-0.1, -0.05) is 48.5 Å².